The Balaban J connectivity index is 1.35. The summed E-state index contributed by atoms with van der Waals surface area (Å²) in [5.74, 6) is 2.64. The second-order valence-corrected chi connectivity index (χ2v) is 9.80. The van der Waals surface area contributed by atoms with E-state index in [1.54, 1.807) is 6.20 Å². The number of pyridine rings is 1. The number of nitrogens with zero attached hydrogens (tertiary/aromatic N) is 2. The predicted molar refractivity (Wildman–Crippen MR) is 121 cm³/mol. The Morgan fingerprint density at radius 3 is 2.87 bits per heavy atom. The first kappa shape index (κ1) is 20.2. The molecule has 5 nitrogen and oxygen atoms in total. The Morgan fingerprint density at radius 2 is 2.06 bits per heavy atom. The lowest BCUT2D eigenvalue weighted by Gasteiger charge is -2.50. The molecule has 0 bridgehead atoms. The zero-order valence-corrected chi connectivity index (χ0v) is 18.1. The van der Waals surface area contributed by atoms with Gasteiger partial charge in [0.15, 0.2) is 0 Å². The fourth-order valence-corrected chi connectivity index (χ4v) is 6.98. The van der Waals surface area contributed by atoms with Crippen LogP contribution >= 0.6 is 0 Å². The average Bonchev–Trinajstić information content (AvgIpc) is 3.10. The summed E-state index contributed by atoms with van der Waals surface area (Å²) in [6.45, 7) is 2.30. The van der Waals surface area contributed by atoms with Crippen molar-refractivity contribution in [2.45, 2.75) is 57.8 Å². The van der Waals surface area contributed by atoms with Crippen molar-refractivity contribution in [2.24, 2.45) is 28.3 Å². The molecule has 5 atom stereocenters. The van der Waals surface area contributed by atoms with Crippen LogP contribution in [0.25, 0.3) is 0 Å². The number of carbonyl (C=O) groups is 1. The molecule has 1 aromatic carbocycles. The highest BCUT2D eigenvalue weighted by molar-refractivity contribution is 5.93. The number of anilines is 1. The van der Waals surface area contributed by atoms with Crippen molar-refractivity contribution in [1.29, 1.82) is 0 Å². The first-order chi connectivity index (χ1) is 15.1. The van der Waals surface area contributed by atoms with Crippen LogP contribution in [-0.4, -0.2) is 21.8 Å². The van der Waals surface area contributed by atoms with E-state index in [1.165, 1.54) is 17.5 Å². The molecule has 3 aliphatic carbocycles. The van der Waals surface area contributed by atoms with E-state index in [4.69, 9.17) is 0 Å². The van der Waals surface area contributed by atoms with Gasteiger partial charge in [-0.3, -0.25) is 4.79 Å². The van der Waals surface area contributed by atoms with Gasteiger partial charge in [-0.1, -0.05) is 42.4 Å². The Kier molecular flexibility index (Phi) is 5.28. The van der Waals surface area contributed by atoms with Gasteiger partial charge in [-0.15, -0.1) is 0 Å². The molecule has 5 heteroatoms. The molecule has 1 heterocycles. The van der Waals surface area contributed by atoms with Crippen LogP contribution in [0.4, 0.5) is 5.82 Å². The van der Waals surface area contributed by atoms with Crippen LogP contribution in [-0.2, 0) is 11.2 Å². The molecule has 3 unspecified atom stereocenters. The highest BCUT2D eigenvalue weighted by Gasteiger charge is 2.57. The Morgan fingerprint density at radius 1 is 1.23 bits per heavy atom. The summed E-state index contributed by atoms with van der Waals surface area (Å²) in [5, 5.41) is 16.5. The molecule has 1 aromatic heterocycles. The summed E-state index contributed by atoms with van der Waals surface area (Å²) >= 11 is 0. The Bertz CT molecular complexity index is 989. The van der Waals surface area contributed by atoms with E-state index in [9.17, 15) is 10.0 Å². The standard InChI is InChI=1S/C26H31N3O2/c1-26-14-13-20-19-7-3-2-6-17(19)9-11-21(20)25(26)18(16-22(26)29-31)10-12-24(30)28-23-8-4-5-15-27-23/h2-8,15,18,20-21,25,31H,9-14,16H2,1H3,(H,27,28,30)/b29-22+/t18-,20?,21?,25?,26-/m1/s1. The number of carbonyl (C=O) groups excluding carboxylic acids is 1. The van der Waals surface area contributed by atoms with Crippen LogP contribution in [0, 0.1) is 23.2 Å². The van der Waals surface area contributed by atoms with Crippen molar-refractivity contribution in [3.05, 3.63) is 59.8 Å². The molecule has 2 N–H and O–H groups in total. The minimum Gasteiger partial charge on any atom is -0.411 e. The van der Waals surface area contributed by atoms with Crippen molar-refractivity contribution in [3.8, 4) is 0 Å². The van der Waals surface area contributed by atoms with Crippen molar-refractivity contribution in [3.63, 3.8) is 0 Å². The van der Waals surface area contributed by atoms with Gasteiger partial charge in [0.1, 0.15) is 5.82 Å². The van der Waals surface area contributed by atoms with Gasteiger partial charge in [0.25, 0.3) is 0 Å². The van der Waals surface area contributed by atoms with Crippen LogP contribution < -0.4 is 5.32 Å². The fraction of sp³-hybridized carbons (Fsp3) is 0.500. The van der Waals surface area contributed by atoms with Gasteiger partial charge >= 0.3 is 0 Å². The van der Waals surface area contributed by atoms with E-state index in [1.807, 2.05) is 18.2 Å². The van der Waals surface area contributed by atoms with E-state index in [0.717, 1.165) is 37.8 Å². The lowest BCUT2D eigenvalue weighted by atomic mass is 9.54. The van der Waals surface area contributed by atoms with Crippen molar-refractivity contribution in [1.82, 2.24) is 4.98 Å². The molecular weight excluding hydrogens is 386 g/mol. The minimum atomic E-state index is -0.0513. The molecule has 1 amide bonds. The van der Waals surface area contributed by atoms with E-state index in [0.29, 0.717) is 35.9 Å². The van der Waals surface area contributed by atoms with Gasteiger partial charge in [0, 0.05) is 18.0 Å². The van der Waals surface area contributed by atoms with Crippen molar-refractivity contribution >= 4 is 17.4 Å². The summed E-state index contributed by atoms with van der Waals surface area (Å²) in [6, 6.07) is 14.5. The summed E-state index contributed by atoms with van der Waals surface area (Å²) in [4.78, 5) is 16.8. The summed E-state index contributed by atoms with van der Waals surface area (Å²) in [7, 11) is 0. The monoisotopic (exact) mass is 417 g/mol. The van der Waals surface area contributed by atoms with E-state index in [2.05, 4.69) is 46.6 Å². The molecule has 0 spiro atoms. The quantitative estimate of drug-likeness (QED) is 0.516. The first-order valence-corrected chi connectivity index (χ1v) is 11.6. The van der Waals surface area contributed by atoms with Gasteiger partial charge < -0.3 is 10.5 Å². The zero-order chi connectivity index (χ0) is 21.4. The third kappa shape index (κ3) is 3.54. The molecular formula is C26H31N3O2. The Labute approximate surface area is 184 Å². The van der Waals surface area contributed by atoms with Crippen LogP contribution in [0.2, 0.25) is 0 Å². The zero-order valence-electron chi connectivity index (χ0n) is 18.1. The second-order valence-electron chi connectivity index (χ2n) is 9.80. The highest BCUT2D eigenvalue weighted by Crippen LogP contribution is 2.62. The molecule has 2 saturated carbocycles. The number of nitrogens with one attached hydrogen (secondary N) is 1. The number of aryl methyl sites for hydroxylation is 1. The number of rotatable bonds is 4. The van der Waals surface area contributed by atoms with Gasteiger partial charge in [0.05, 0.1) is 5.71 Å². The number of hydrogen-bond donors (Lipinski definition) is 2. The Hall–Kier alpha value is -2.69. The summed E-state index contributed by atoms with van der Waals surface area (Å²) in [5.41, 5.74) is 3.93. The number of oxime groups is 1. The van der Waals surface area contributed by atoms with Crippen LogP contribution in [0.1, 0.15) is 62.5 Å². The normalized spacial score (nSPS) is 32.7. The molecule has 0 radical (unpaired) electrons. The van der Waals surface area contributed by atoms with Crippen molar-refractivity contribution in [2.75, 3.05) is 5.32 Å². The number of amides is 1. The van der Waals surface area contributed by atoms with E-state index < -0.39 is 0 Å². The molecule has 31 heavy (non-hydrogen) atoms. The van der Waals surface area contributed by atoms with Gasteiger partial charge in [-0.2, -0.15) is 0 Å². The van der Waals surface area contributed by atoms with Crippen molar-refractivity contribution < 1.29 is 10.0 Å². The minimum absolute atomic E-state index is 0.0103. The third-order valence-corrected chi connectivity index (χ3v) is 8.31. The lowest BCUT2D eigenvalue weighted by Crippen LogP contribution is -2.44. The first-order valence-electron chi connectivity index (χ1n) is 11.6. The number of benzene rings is 1. The average molecular weight is 418 g/mol. The molecule has 2 aromatic rings. The molecule has 5 rings (SSSR count). The third-order valence-electron chi connectivity index (χ3n) is 8.31. The number of fused-ring (bicyclic) bond motifs is 5. The van der Waals surface area contributed by atoms with E-state index >= 15 is 0 Å². The van der Waals surface area contributed by atoms with Gasteiger partial charge in [-0.25, -0.2) is 4.98 Å². The SMILES string of the molecule is C[C@]12CCC3c4ccccc4CCC3C1[C@H](CCC(=O)Nc1ccccn1)C/C2=N\O. The number of hydrogen-bond acceptors (Lipinski definition) is 4. The maximum absolute atomic E-state index is 12.6. The maximum atomic E-state index is 12.6. The van der Waals surface area contributed by atoms with Gasteiger partial charge in [0.2, 0.25) is 5.91 Å². The summed E-state index contributed by atoms with van der Waals surface area (Å²) < 4.78 is 0. The van der Waals surface area contributed by atoms with Crippen LogP contribution in [0.15, 0.2) is 53.8 Å². The number of aromatic nitrogens is 1. The molecule has 3 aliphatic rings. The molecule has 162 valence electrons. The second kappa shape index (κ2) is 8.10. The topological polar surface area (TPSA) is 74.6 Å². The highest BCUT2D eigenvalue weighted by atomic mass is 16.4. The molecule has 0 saturated heterocycles. The predicted octanol–water partition coefficient (Wildman–Crippen LogP) is 5.41. The van der Waals surface area contributed by atoms with E-state index in [-0.39, 0.29) is 11.3 Å². The largest absolute Gasteiger partial charge is 0.411 e. The maximum Gasteiger partial charge on any atom is 0.225 e. The van der Waals surface area contributed by atoms with Crippen LogP contribution in [0.5, 0.6) is 0 Å². The van der Waals surface area contributed by atoms with Crippen LogP contribution in [0.3, 0.4) is 0 Å². The lowest BCUT2D eigenvalue weighted by molar-refractivity contribution is -0.116. The smallest absolute Gasteiger partial charge is 0.225 e. The fourth-order valence-electron chi connectivity index (χ4n) is 6.98. The summed E-state index contributed by atoms with van der Waals surface area (Å²) in [6.07, 6.45) is 8.32. The molecule has 0 aliphatic heterocycles. The van der Waals surface area contributed by atoms with Gasteiger partial charge in [-0.05, 0) is 85.5 Å². The molecule has 2 fully saturated rings.